The first-order chi connectivity index (χ1) is 15.3. The topological polar surface area (TPSA) is 50.7 Å². The molecule has 2 fully saturated rings. The van der Waals surface area contributed by atoms with Crippen LogP contribution in [0.15, 0.2) is 35.7 Å². The summed E-state index contributed by atoms with van der Waals surface area (Å²) in [5.41, 5.74) is 2.45. The van der Waals surface area contributed by atoms with Crippen LogP contribution in [0.1, 0.15) is 25.1 Å². The summed E-state index contributed by atoms with van der Waals surface area (Å²) >= 11 is 1.70. The number of hydrogen-bond donors (Lipinski definition) is 0. The van der Waals surface area contributed by atoms with Crippen LogP contribution in [0.4, 0.5) is 5.82 Å². The Morgan fingerprint density at radius 3 is 2.74 bits per heavy atom. The molecule has 1 aromatic carbocycles. The van der Waals surface area contributed by atoms with E-state index >= 15 is 0 Å². The quantitative estimate of drug-likeness (QED) is 0.575. The molecular formula is C24H30N4O2S. The predicted octanol–water partition coefficient (Wildman–Crippen LogP) is 4.20. The van der Waals surface area contributed by atoms with E-state index in [0.717, 1.165) is 55.9 Å². The first-order valence-corrected chi connectivity index (χ1v) is 12.1. The Hall–Kier alpha value is -2.06. The van der Waals surface area contributed by atoms with Gasteiger partial charge >= 0.3 is 0 Å². The summed E-state index contributed by atoms with van der Waals surface area (Å²) in [7, 11) is 1.71. The molecule has 0 aliphatic carbocycles. The van der Waals surface area contributed by atoms with Gasteiger partial charge in [-0.3, -0.25) is 4.90 Å². The van der Waals surface area contributed by atoms with Gasteiger partial charge < -0.3 is 14.4 Å². The zero-order valence-corrected chi connectivity index (χ0v) is 18.9. The molecule has 0 N–H and O–H groups in total. The summed E-state index contributed by atoms with van der Waals surface area (Å²) in [6, 6.07) is 11.1. The molecule has 31 heavy (non-hydrogen) atoms. The number of rotatable bonds is 6. The minimum atomic E-state index is 0.434. The number of anilines is 1. The number of hydrogen-bond acceptors (Lipinski definition) is 7. The Bertz CT molecular complexity index is 1000. The Kier molecular flexibility index (Phi) is 6.45. The van der Waals surface area contributed by atoms with Crippen LogP contribution in [0.5, 0.6) is 0 Å². The van der Waals surface area contributed by atoms with Crippen molar-refractivity contribution in [3.63, 3.8) is 0 Å². The summed E-state index contributed by atoms with van der Waals surface area (Å²) < 4.78 is 11.0. The van der Waals surface area contributed by atoms with Crippen LogP contribution in [0.3, 0.4) is 0 Å². The predicted molar refractivity (Wildman–Crippen MR) is 126 cm³/mol. The molecule has 0 spiro atoms. The average Bonchev–Trinajstić information content (AvgIpc) is 3.25. The van der Waals surface area contributed by atoms with Crippen molar-refractivity contribution in [1.82, 2.24) is 14.9 Å². The smallest absolute Gasteiger partial charge is 0.158 e. The Labute approximate surface area is 187 Å². The summed E-state index contributed by atoms with van der Waals surface area (Å²) in [5.74, 6) is 1.84. The van der Waals surface area contributed by atoms with Crippen LogP contribution < -0.4 is 4.90 Å². The molecule has 0 radical (unpaired) electrons. The number of nitrogens with zero attached hydrogens (tertiary/aromatic N) is 4. The van der Waals surface area contributed by atoms with Crippen molar-refractivity contribution in [1.29, 1.82) is 0 Å². The van der Waals surface area contributed by atoms with Gasteiger partial charge in [0.25, 0.3) is 0 Å². The largest absolute Gasteiger partial charge is 0.379 e. The fraction of sp³-hybridized carbons (Fsp3) is 0.500. The first-order valence-electron chi connectivity index (χ1n) is 11.2. The van der Waals surface area contributed by atoms with Crippen LogP contribution in [0.2, 0.25) is 0 Å². The van der Waals surface area contributed by atoms with E-state index in [1.165, 1.54) is 35.8 Å². The molecule has 2 aliphatic heterocycles. The van der Waals surface area contributed by atoms with Crippen LogP contribution in [0, 0.1) is 0 Å². The molecule has 2 saturated heterocycles. The third kappa shape index (κ3) is 4.46. The average molecular weight is 439 g/mol. The van der Waals surface area contributed by atoms with Crippen molar-refractivity contribution in [2.24, 2.45) is 0 Å². The monoisotopic (exact) mass is 438 g/mol. The molecule has 2 aromatic heterocycles. The number of ether oxygens (including phenoxy) is 2. The van der Waals surface area contributed by atoms with E-state index in [9.17, 15) is 0 Å². The molecule has 4 heterocycles. The van der Waals surface area contributed by atoms with E-state index in [0.29, 0.717) is 12.6 Å². The Morgan fingerprint density at radius 1 is 1.10 bits per heavy atom. The molecule has 0 bridgehead atoms. The van der Waals surface area contributed by atoms with Gasteiger partial charge in [0.05, 0.1) is 18.6 Å². The van der Waals surface area contributed by atoms with Crippen molar-refractivity contribution >= 4 is 27.4 Å². The summed E-state index contributed by atoms with van der Waals surface area (Å²) in [5, 5.41) is 3.42. The van der Waals surface area contributed by atoms with Gasteiger partial charge in [-0.2, -0.15) is 0 Å². The molecule has 5 rings (SSSR count). The van der Waals surface area contributed by atoms with Crippen LogP contribution in [-0.4, -0.2) is 67.4 Å². The van der Waals surface area contributed by atoms with E-state index < -0.39 is 0 Å². The SMILES string of the molecule is COCc1nc(N2CCCCC2CN2CCOCC2)c2c(-c3ccccc3)csc2n1. The molecule has 164 valence electrons. The number of morpholine rings is 1. The van der Waals surface area contributed by atoms with Gasteiger partial charge in [-0.25, -0.2) is 9.97 Å². The maximum absolute atomic E-state index is 5.57. The standard InChI is InChI=1S/C24H30N4O2S/c1-29-16-21-25-23(22-20(17-31-24(22)26-21)18-7-3-2-4-8-18)28-10-6-5-9-19(28)15-27-11-13-30-14-12-27/h2-4,7-8,17,19H,5-6,9-16H2,1H3. The van der Waals surface area contributed by atoms with Gasteiger partial charge in [0, 0.05) is 50.3 Å². The second-order valence-electron chi connectivity index (χ2n) is 8.35. The minimum Gasteiger partial charge on any atom is -0.379 e. The highest BCUT2D eigenvalue weighted by Crippen LogP contribution is 2.40. The molecular weight excluding hydrogens is 408 g/mol. The van der Waals surface area contributed by atoms with Gasteiger partial charge in [0.2, 0.25) is 0 Å². The molecule has 1 atom stereocenters. The van der Waals surface area contributed by atoms with E-state index in [-0.39, 0.29) is 0 Å². The number of benzene rings is 1. The number of thiophene rings is 1. The zero-order chi connectivity index (χ0) is 21.0. The lowest BCUT2D eigenvalue weighted by molar-refractivity contribution is 0.0338. The summed E-state index contributed by atoms with van der Waals surface area (Å²) in [6.07, 6.45) is 3.68. The lowest BCUT2D eigenvalue weighted by atomic mass is 9.99. The minimum absolute atomic E-state index is 0.434. The summed E-state index contributed by atoms with van der Waals surface area (Å²) in [6.45, 7) is 6.26. The molecule has 1 unspecified atom stereocenters. The van der Waals surface area contributed by atoms with E-state index in [2.05, 4.69) is 45.5 Å². The van der Waals surface area contributed by atoms with Crippen molar-refractivity contribution in [3.8, 4) is 11.1 Å². The highest BCUT2D eigenvalue weighted by Gasteiger charge is 2.29. The number of methoxy groups -OCH3 is 1. The third-order valence-electron chi connectivity index (χ3n) is 6.29. The highest BCUT2D eigenvalue weighted by molar-refractivity contribution is 7.17. The number of aromatic nitrogens is 2. The first kappa shape index (κ1) is 20.8. The number of fused-ring (bicyclic) bond motifs is 1. The van der Waals surface area contributed by atoms with E-state index in [1.807, 2.05) is 0 Å². The van der Waals surface area contributed by atoms with E-state index in [4.69, 9.17) is 19.4 Å². The van der Waals surface area contributed by atoms with Crippen molar-refractivity contribution in [2.75, 3.05) is 51.4 Å². The second-order valence-corrected chi connectivity index (χ2v) is 9.21. The van der Waals surface area contributed by atoms with Gasteiger partial charge in [-0.1, -0.05) is 30.3 Å². The molecule has 0 saturated carbocycles. The fourth-order valence-corrected chi connectivity index (χ4v) is 5.71. The molecule has 6 nitrogen and oxygen atoms in total. The molecule has 3 aromatic rings. The lowest BCUT2D eigenvalue weighted by Gasteiger charge is -2.40. The maximum Gasteiger partial charge on any atom is 0.158 e. The van der Waals surface area contributed by atoms with E-state index in [1.54, 1.807) is 18.4 Å². The Morgan fingerprint density at radius 2 is 1.94 bits per heavy atom. The van der Waals surface area contributed by atoms with Crippen molar-refractivity contribution in [3.05, 3.63) is 41.5 Å². The van der Waals surface area contributed by atoms with Crippen molar-refractivity contribution in [2.45, 2.75) is 31.9 Å². The summed E-state index contributed by atoms with van der Waals surface area (Å²) in [4.78, 5) is 16.1. The molecule has 7 heteroatoms. The van der Waals surface area contributed by atoms with Crippen LogP contribution in [-0.2, 0) is 16.1 Å². The van der Waals surface area contributed by atoms with Gasteiger partial charge in [0.1, 0.15) is 17.3 Å². The van der Waals surface area contributed by atoms with Crippen molar-refractivity contribution < 1.29 is 9.47 Å². The van der Waals surface area contributed by atoms with Crippen LogP contribution in [0.25, 0.3) is 21.3 Å². The third-order valence-corrected chi connectivity index (χ3v) is 7.16. The zero-order valence-electron chi connectivity index (χ0n) is 18.1. The molecule has 2 aliphatic rings. The number of piperidine rings is 1. The fourth-order valence-electron chi connectivity index (χ4n) is 4.75. The lowest BCUT2D eigenvalue weighted by Crippen LogP contribution is -2.50. The maximum atomic E-state index is 5.57. The normalized spacial score (nSPS) is 20.4. The van der Waals surface area contributed by atoms with Crippen LogP contribution >= 0.6 is 11.3 Å². The second kappa shape index (κ2) is 9.61. The van der Waals surface area contributed by atoms with Gasteiger partial charge in [-0.05, 0) is 24.8 Å². The highest BCUT2D eigenvalue weighted by atomic mass is 32.1. The molecule has 0 amide bonds. The van der Waals surface area contributed by atoms with Gasteiger partial charge in [0.15, 0.2) is 5.82 Å². The Balaban J connectivity index is 1.57. The van der Waals surface area contributed by atoms with Gasteiger partial charge in [-0.15, -0.1) is 11.3 Å².